The highest BCUT2D eigenvalue weighted by atomic mass is 32.2. The molecule has 0 saturated carbocycles. The van der Waals surface area contributed by atoms with Gasteiger partial charge in [0, 0.05) is 18.8 Å². The fourth-order valence-electron chi connectivity index (χ4n) is 3.36. The summed E-state index contributed by atoms with van der Waals surface area (Å²) in [5, 5.41) is 14.8. The Morgan fingerprint density at radius 3 is 2.72 bits per heavy atom. The number of tetrazole rings is 1. The Balaban J connectivity index is 1.42. The van der Waals surface area contributed by atoms with E-state index in [0.29, 0.717) is 35.4 Å². The quantitative estimate of drug-likeness (QED) is 0.494. The summed E-state index contributed by atoms with van der Waals surface area (Å²) >= 11 is 1.16. The van der Waals surface area contributed by atoms with Crippen molar-refractivity contribution in [2.24, 2.45) is 0 Å². The van der Waals surface area contributed by atoms with Gasteiger partial charge in [-0.05, 0) is 53.6 Å². The molecule has 2 aromatic carbocycles. The smallest absolute Gasteiger partial charge is 0.243 e. The molecular formula is C20H22N6O4S2. The van der Waals surface area contributed by atoms with E-state index >= 15 is 0 Å². The first kappa shape index (κ1) is 22.2. The maximum atomic E-state index is 12.8. The topological polar surface area (TPSA) is 119 Å². The largest absolute Gasteiger partial charge is 0.494 e. The molecule has 4 rings (SSSR count). The van der Waals surface area contributed by atoms with Crippen LogP contribution < -0.4 is 10.1 Å². The molecular weight excluding hydrogens is 452 g/mol. The number of rotatable bonds is 8. The second-order valence-electron chi connectivity index (χ2n) is 7.02. The number of benzene rings is 2. The van der Waals surface area contributed by atoms with Crippen molar-refractivity contribution in [3.05, 3.63) is 48.5 Å². The first-order valence-corrected chi connectivity index (χ1v) is 12.4. The number of anilines is 1. The first-order chi connectivity index (χ1) is 15.5. The van der Waals surface area contributed by atoms with Gasteiger partial charge in [-0.1, -0.05) is 30.0 Å². The molecule has 1 saturated heterocycles. The van der Waals surface area contributed by atoms with Crippen LogP contribution in [0.4, 0.5) is 5.69 Å². The molecule has 1 aliphatic heterocycles. The number of amides is 1. The average molecular weight is 475 g/mol. The number of ether oxygens (including phenoxy) is 1. The zero-order chi connectivity index (χ0) is 22.6. The Bertz CT molecular complexity index is 1210. The van der Waals surface area contributed by atoms with Crippen LogP contribution in [0, 0.1) is 0 Å². The Hall–Kier alpha value is -2.96. The monoisotopic (exact) mass is 474 g/mol. The molecule has 2 heterocycles. The van der Waals surface area contributed by atoms with Gasteiger partial charge in [-0.25, -0.2) is 8.42 Å². The SMILES string of the molecule is COc1ccccc1-n1nnnc1SCC(=O)Nc1cccc(S(=O)(=O)N2CCCC2)c1. The van der Waals surface area contributed by atoms with Crippen LogP contribution in [0.25, 0.3) is 5.69 Å². The summed E-state index contributed by atoms with van der Waals surface area (Å²) in [4.78, 5) is 12.7. The highest BCUT2D eigenvalue weighted by Gasteiger charge is 2.27. The summed E-state index contributed by atoms with van der Waals surface area (Å²) in [6, 6.07) is 13.6. The van der Waals surface area contributed by atoms with Gasteiger partial charge >= 0.3 is 0 Å². The molecule has 0 bridgehead atoms. The summed E-state index contributed by atoms with van der Waals surface area (Å²) in [5.41, 5.74) is 1.07. The maximum absolute atomic E-state index is 12.8. The Morgan fingerprint density at radius 2 is 1.94 bits per heavy atom. The number of hydrogen-bond acceptors (Lipinski definition) is 8. The molecule has 1 aromatic heterocycles. The molecule has 1 N–H and O–H groups in total. The van der Waals surface area contributed by atoms with Gasteiger partial charge in [0.25, 0.3) is 0 Å². The third-order valence-corrected chi connectivity index (χ3v) is 7.72. The van der Waals surface area contributed by atoms with E-state index in [1.54, 1.807) is 31.4 Å². The molecule has 3 aromatic rings. The number of thioether (sulfide) groups is 1. The number of para-hydroxylation sites is 2. The number of sulfonamides is 1. The normalized spacial score (nSPS) is 14.4. The number of nitrogens with zero attached hydrogens (tertiary/aromatic N) is 5. The Kier molecular flexibility index (Phi) is 6.72. The van der Waals surface area contributed by atoms with Crippen LogP contribution in [0.3, 0.4) is 0 Å². The Labute approximate surface area is 190 Å². The molecule has 0 radical (unpaired) electrons. The van der Waals surface area contributed by atoms with Crippen LogP contribution in [0.2, 0.25) is 0 Å². The van der Waals surface area contributed by atoms with Crippen LogP contribution in [0.5, 0.6) is 5.75 Å². The predicted molar refractivity (Wildman–Crippen MR) is 119 cm³/mol. The number of aromatic nitrogens is 4. The zero-order valence-corrected chi connectivity index (χ0v) is 19.0. The lowest BCUT2D eigenvalue weighted by atomic mass is 10.3. The van der Waals surface area contributed by atoms with Gasteiger partial charge in [0.2, 0.25) is 21.1 Å². The van der Waals surface area contributed by atoms with Crippen LogP contribution in [-0.2, 0) is 14.8 Å². The summed E-state index contributed by atoms with van der Waals surface area (Å²) in [6.07, 6.45) is 1.72. The minimum atomic E-state index is -3.55. The highest BCUT2D eigenvalue weighted by Crippen LogP contribution is 2.26. The van der Waals surface area contributed by atoms with Gasteiger partial charge in [-0.15, -0.1) is 5.10 Å². The minimum Gasteiger partial charge on any atom is -0.494 e. The molecule has 0 aliphatic carbocycles. The molecule has 1 amide bonds. The van der Waals surface area contributed by atoms with Gasteiger partial charge in [-0.2, -0.15) is 8.99 Å². The summed E-state index contributed by atoms with van der Waals surface area (Å²) < 4.78 is 33.8. The molecule has 1 aliphatic rings. The van der Waals surface area contributed by atoms with E-state index in [0.717, 1.165) is 24.6 Å². The zero-order valence-electron chi connectivity index (χ0n) is 17.3. The van der Waals surface area contributed by atoms with E-state index in [9.17, 15) is 13.2 Å². The van der Waals surface area contributed by atoms with Gasteiger partial charge in [0.1, 0.15) is 11.4 Å². The van der Waals surface area contributed by atoms with Crippen molar-refractivity contribution in [3.63, 3.8) is 0 Å². The number of methoxy groups -OCH3 is 1. The van der Waals surface area contributed by atoms with Crippen LogP contribution in [-0.4, -0.2) is 64.8 Å². The van der Waals surface area contributed by atoms with Crippen LogP contribution in [0.1, 0.15) is 12.8 Å². The highest BCUT2D eigenvalue weighted by molar-refractivity contribution is 7.99. The van der Waals surface area contributed by atoms with E-state index in [-0.39, 0.29) is 16.6 Å². The van der Waals surface area contributed by atoms with Crippen molar-refractivity contribution in [1.29, 1.82) is 0 Å². The summed E-state index contributed by atoms with van der Waals surface area (Å²) in [7, 11) is -2.00. The van der Waals surface area contributed by atoms with Gasteiger partial charge in [0.15, 0.2) is 0 Å². The van der Waals surface area contributed by atoms with Crippen molar-refractivity contribution in [2.45, 2.75) is 22.9 Å². The molecule has 1 fully saturated rings. The van der Waals surface area contributed by atoms with Crippen LogP contribution >= 0.6 is 11.8 Å². The van der Waals surface area contributed by atoms with Crippen LogP contribution in [0.15, 0.2) is 58.6 Å². The molecule has 32 heavy (non-hydrogen) atoms. The van der Waals surface area contributed by atoms with E-state index in [1.165, 1.54) is 15.1 Å². The lowest BCUT2D eigenvalue weighted by Crippen LogP contribution is -2.28. The van der Waals surface area contributed by atoms with Crippen molar-refractivity contribution in [3.8, 4) is 11.4 Å². The standard InChI is InChI=1S/C20H22N6O4S2/c1-30-18-10-3-2-9-17(18)26-20(22-23-24-26)31-14-19(27)21-15-7-6-8-16(13-15)32(28,29)25-11-4-5-12-25/h2-3,6-10,13H,4-5,11-12,14H2,1H3,(H,21,27). The number of nitrogens with one attached hydrogen (secondary N) is 1. The van der Waals surface area contributed by atoms with Gasteiger partial charge in [-0.3, -0.25) is 4.79 Å². The third-order valence-electron chi connectivity index (χ3n) is 4.91. The second kappa shape index (κ2) is 9.67. The third kappa shape index (κ3) is 4.76. The average Bonchev–Trinajstić information content (AvgIpc) is 3.50. The van der Waals surface area contributed by atoms with Gasteiger partial charge < -0.3 is 10.1 Å². The van der Waals surface area contributed by atoms with E-state index in [1.807, 2.05) is 18.2 Å². The Morgan fingerprint density at radius 1 is 1.16 bits per heavy atom. The van der Waals surface area contributed by atoms with E-state index in [4.69, 9.17) is 4.74 Å². The number of carbonyl (C=O) groups is 1. The molecule has 12 heteroatoms. The summed E-state index contributed by atoms with van der Waals surface area (Å²) in [5.74, 6) is 0.334. The van der Waals surface area contributed by atoms with Gasteiger partial charge in [0.05, 0.1) is 17.8 Å². The molecule has 168 valence electrons. The fourth-order valence-corrected chi connectivity index (χ4v) is 5.61. The lowest BCUT2D eigenvalue weighted by Gasteiger charge is -2.16. The fraction of sp³-hybridized carbons (Fsp3) is 0.300. The predicted octanol–water partition coefficient (Wildman–Crippen LogP) is 2.19. The van der Waals surface area contributed by atoms with Crippen molar-refractivity contribution in [2.75, 3.05) is 31.3 Å². The number of hydrogen-bond donors (Lipinski definition) is 1. The molecule has 10 nitrogen and oxygen atoms in total. The first-order valence-electron chi connectivity index (χ1n) is 9.93. The van der Waals surface area contributed by atoms with Crippen molar-refractivity contribution < 1.29 is 17.9 Å². The minimum absolute atomic E-state index is 0.0403. The lowest BCUT2D eigenvalue weighted by molar-refractivity contribution is -0.113. The van der Waals surface area contributed by atoms with E-state index < -0.39 is 10.0 Å². The van der Waals surface area contributed by atoms with Crippen molar-refractivity contribution >= 4 is 33.4 Å². The molecule has 0 atom stereocenters. The second-order valence-corrected chi connectivity index (χ2v) is 9.90. The van der Waals surface area contributed by atoms with E-state index in [2.05, 4.69) is 20.8 Å². The van der Waals surface area contributed by atoms with Crippen molar-refractivity contribution in [1.82, 2.24) is 24.5 Å². The maximum Gasteiger partial charge on any atom is 0.243 e. The molecule has 0 unspecified atom stereocenters. The summed E-state index contributed by atoms with van der Waals surface area (Å²) in [6.45, 7) is 1.05. The molecule has 0 spiro atoms. The number of carbonyl (C=O) groups excluding carboxylic acids is 1.